The zero-order valence-electron chi connectivity index (χ0n) is 11.6. The summed E-state index contributed by atoms with van der Waals surface area (Å²) >= 11 is 1.78. The van der Waals surface area contributed by atoms with Crippen LogP contribution in [0.3, 0.4) is 0 Å². The van der Waals surface area contributed by atoms with Gasteiger partial charge in [-0.1, -0.05) is 24.3 Å². The van der Waals surface area contributed by atoms with E-state index >= 15 is 0 Å². The molecule has 21 heavy (non-hydrogen) atoms. The van der Waals surface area contributed by atoms with E-state index in [1.807, 2.05) is 35.2 Å². The molecule has 4 rings (SSSR count). The number of carbonyl (C=O) groups is 1. The quantitative estimate of drug-likeness (QED) is 0.823. The lowest BCUT2D eigenvalue weighted by Crippen LogP contribution is -2.33. The Morgan fingerprint density at radius 2 is 2.05 bits per heavy atom. The maximum Gasteiger partial charge on any atom is 0.235 e. The summed E-state index contributed by atoms with van der Waals surface area (Å²) in [6, 6.07) is 14.1. The summed E-state index contributed by atoms with van der Waals surface area (Å²) in [4.78, 5) is 16.1. The van der Waals surface area contributed by atoms with Gasteiger partial charge in [0.05, 0.1) is 5.92 Å². The Morgan fingerprint density at radius 3 is 2.95 bits per heavy atom. The fraction of sp³-hybridized carbons (Fsp3) is 0.235. The molecule has 1 unspecified atom stereocenters. The van der Waals surface area contributed by atoms with Gasteiger partial charge in [0.15, 0.2) is 0 Å². The van der Waals surface area contributed by atoms with Gasteiger partial charge in [-0.2, -0.15) is 0 Å². The van der Waals surface area contributed by atoms with Crippen molar-refractivity contribution >= 4 is 29.0 Å². The van der Waals surface area contributed by atoms with Crippen molar-refractivity contribution in [2.45, 2.75) is 17.2 Å². The topological polar surface area (TPSA) is 46.3 Å². The van der Waals surface area contributed by atoms with Crippen molar-refractivity contribution in [3.8, 4) is 0 Å². The number of fused-ring (bicyclic) bond motifs is 2. The third kappa shape index (κ3) is 1.94. The molecule has 0 fully saturated rings. The fourth-order valence-corrected chi connectivity index (χ4v) is 4.47. The minimum atomic E-state index is -0.0291. The van der Waals surface area contributed by atoms with Crippen LogP contribution in [0.2, 0.25) is 0 Å². The van der Waals surface area contributed by atoms with Crippen LogP contribution < -0.4 is 10.6 Å². The van der Waals surface area contributed by atoms with Crippen molar-refractivity contribution in [2.24, 2.45) is 0 Å². The summed E-state index contributed by atoms with van der Waals surface area (Å²) < 4.78 is 0. The molecule has 0 saturated carbocycles. The second-order valence-corrected chi connectivity index (χ2v) is 6.55. The van der Waals surface area contributed by atoms with Crippen LogP contribution in [-0.4, -0.2) is 18.2 Å². The number of thioether (sulfide) groups is 1. The first kappa shape index (κ1) is 12.8. The van der Waals surface area contributed by atoms with Gasteiger partial charge >= 0.3 is 0 Å². The molecule has 2 aromatic rings. The summed E-state index contributed by atoms with van der Waals surface area (Å²) in [5, 5.41) is 0. The molecule has 3 nitrogen and oxygen atoms in total. The molecular formula is C17H16N2OS. The maximum atomic E-state index is 13.0. The Bertz CT molecular complexity index is 728. The number of anilines is 2. The smallest absolute Gasteiger partial charge is 0.235 e. The standard InChI is InChI=1S/C17H16N2OS/c18-14-5-3-6-15-12(14)8-9-19(15)17(20)13-10-21-16-7-2-1-4-11(13)16/h1-7,13H,8-10,18H2. The van der Waals surface area contributed by atoms with Gasteiger partial charge in [-0.15, -0.1) is 11.8 Å². The van der Waals surface area contributed by atoms with Gasteiger partial charge in [-0.25, -0.2) is 0 Å². The lowest BCUT2D eigenvalue weighted by molar-refractivity contribution is -0.119. The molecule has 1 amide bonds. The molecule has 0 saturated heterocycles. The van der Waals surface area contributed by atoms with E-state index in [1.54, 1.807) is 11.8 Å². The van der Waals surface area contributed by atoms with Crippen LogP contribution in [0.15, 0.2) is 47.4 Å². The highest BCUT2D eigenvalue weighted by Crippen LogP contribution is 2.42. The van der Waals surface area contributed by atoms with Crippen LogP contribution in [0.5, 0.6) is 0 Å². The van der Waals surface area contributed by atoms with Crippen molar-refractivity contribution in [2.75, 3.05) is 22.9 Å². The number of benzene rings is 2. The predicted molar refractivity (Wildman–Crippen MR) is 86.8 cm³/mol. The lowest BCUT2D eigenvalue weighted by Gasteiger charge is -2.21. The van der Waals surface area contributed by atoms with Crippen molar-refractivity contribution in [1.29, 1.82) is 0 Å². The highest BCUT2D eigenvalue weighted by molar-refractivity contribution is 7.99. The molecule has 2 aromatic carbocycles. The summed E-state index contributed by atoms with van der Waals surface area (Å²) in [6.45, 7) is 0.742. The lowest BCUT2D eigenvalue weighted by atomic mass is 10.00. The maximum absolute atomic E-state index is 13.0. The molecule has 1 atom stereocenters. The van der Waals surface area contributed by atoms with E-state index in [2.05, 4.69) is 12.1 Å². The second-order valence-electron chi connectivity index (χ2n) is 5.49. The average molecular weight is 296 g/mol. The van der Waals surface area contributed by atoms with E-state index in [4.69, 9.17) is 5.73 Å². The number of hydrogen-bond acceptors (Lipinski definition) is 3. The van der Waals surface area contributed by atoms with Gasteiger partial charge in [0.25, 0.3) is 0 Å². The fourth-order valence-electron chi connectivity index (χ4n) is 3.25. The van der Waals surface area contributed by atoms with Crippen molar-refractivity contribution in [3.63, 3.8) is 0 Å². The van der Waals surface area contributed by atoms with Gasteiger partial charge in [0.1, 0.15) is 0 Å². The minimum absolute atomic E-state index is 0.0291. The number of carbonyl (C=O) groups excluding carboxylic acids is 1. The second kappa shape index (κ2) is 4.81. The average Bonchev–Trinajstić information content (AvgIpc) is 3.11. The molecule has 0 aromatic heterocycles. The van der Waals surface area contributed by atoms with E-state index in [9.17, 15) is 4.79 Å². The zero-order chi connectivity index (χ0) is 14.4. The Morgan fingerprint density at radius 1 is 1.19 bits per heavy atom. The number of nitrogens with two attached hydrogens (primary N) is 1. The third-order valence-electron chi connectivity index (χ3n) is 4.33. The van der Waals surface area contributed by atoms with Gasteiger partial charge in [0.2, 0.25) is 5.91 Å². The van der Waals surface area contributed by atoms with Crippen molar-refractivity contribution in [3.05, 3.63) is 53.6 Å². The molecule has 106 valence electrons. The van der Waals surface area contributed by atoms with Crippen LogP contribution in [0.4, 0.5) is 11.4 Å². The van der Waals surface area contributed by atoms with Gasteiger partial charge in [-0.05, 0) is 30.2 Å². The molecule has 4 heteroatoms. The zero-order valence-corrected chi connectivity index (χ0v) is 12.4. The Balaban J connectivity index is 1.68. The number of rotatable bonds is 1. The van der Waals surface area contributed by atoms with Crippen molar-refractivity contribution < 1.29 is 4.79 Å². The molecule has 0 bridgehead atoms. The van der Waals surface area contributed by atoms with Crippen LogP contribution in [0, 0.1) is 0 Å². The SMILES string of the molecule is Nc1cccc2c1CCN2C(=O)C1CSc2ccccc21. The molecule has 0 spiro atoms. The molecule has 0 aliphatic carbocycles. The summed E-state index contributed by atoms with van der Waals surface area (Å²) in [6.07, 6.45) is 0.856. The number of nitrogen functional groups attached to an aromatic ring is 1. The first-order valence-corrected chi connectivity index (χ1v) is 8.15. The van der Waals surface area contributed by atoms with E-state index in [-0.39, 0.29) is 11.8 Å². The molecule has 2 aliphatic heterocycles. The van der Waals surface area contributed by atoms with Crippen LogP contribution >= 0.6 is 11.8 Å². The Hall–Kier alpha value is -1.94. The van der Waals surface area contributed by atoms with Crippen molar-refractivity contribution in [1.82, 2.24) is 0 Å². The van der Waals surface area contributed by atoms with Gasteiger partial charge < -0.3 is 10.6 Å². The molecule has 2 heterocycles. The first-order chi connectivity index (χ1) is 10.3. The van der Waals surface area contributed by atoms with E-state index in [1.165, 1.54) is 10.5 Å². The summed E-state index contributed by atoms with van der Waals surface area (Å²) in [5.41, 5.74) is 10.1. The van der Waals surface area contributed by atoms with E-state index in [0.717, 1.165) is 35.7 Å². The molecule has 0 radical (unpaired) electrons. The third-order valence-corrected chi connectivity index (χ3v) is 5.51. The highest BCUT2D eigenvalue weighted by Gasteiger charge is 2.35. The van der Waals surface area contributed by atoms with Gasteiger partial charge in [0, 0.05) is 34.1 Å². The first-order valence-electron chi connectivity index (χ1n) is 7.16. The molecule has 2 N–H and O–H groups in total. The van der Waals surface area contributed by atoms with Crippen LogP contribution in [-0.2, 0) is 11.2 Å². The van der Waals surface area contributed by atoms with Crippen LogP contribution in [0.25, 0.3) is 0 Å². The number of amides is 1. The number of hydrogen-bond donors (Lipinski definition) is 1. The van der Waals surface area contributed by atoms with E-state index < -0.39 is 0 Å². The Kier molecular flexibility index (Phi) is 2.93. The molecular weight excluding hydrogens is 280 g/mol. The number of nitrogens with zero attached hydrogens (tertiary/aromatic N) is 1. The predicted octanol–water partition coefficient (Wildman–Crippen LogP) is 3.05. The summed E-state index contributed by atoms with van der Waals surface area (Å²) in [5.74, 6) is 1.02. The largest absolute Gasteiger partial charge is 0.398 e. The molecule has 2 aliphatic rings. The van der Waals surface area contributed by atoms with Crippen LogP contribution in [0.1, 0.15) is 17.0 Å². The minimum Gasteiger partial charge on any atom is -0.398 e. The monoisotopic (exact) mass is 296 g/mol. The summed E-state index contributed by atoms with van der Waals surface area (Å²) in [7, 11) is 0. The normalized spacial score (nSPS) is 19.4. The Labute approximate surface area is 128 Å². The van der Waals surface area contributed by atoms with Gasteiger partial charge in [-0.3, -0.25) is 4.79 Å². The highest BCUT2D eigenvalue weighted by atomic mass is 32.2. The van der Waals surface area contributed by atoms with E-state index in [0.29, 0.717) is 0 Å².